The highest BCUT2D eigenvalue weighted by molar-refractivity contribution is 5.86. The van der Waals surface area contributed by atoms with Gasteiger partial charge in [-0.15, -0.1) is 0 Å². The van der Waals surface area contributed by atoms with Crippen molar-refractivity contribution in [3.05, 3.63) is 12.2 Å². The van der Waals surface area contributed by atoms with Gasteiger partial charge in [0.15, 0.2) is 0 Å². The van der Waals surface area contributed by atoms with Crippen molar-refractivity contribution in [1.82, 2.24) is 0 Å². The molecule has 0 aromatic rings. The largest absolute Gasteiger partial charge is 0.463 e. The lowest BCUT2D eigenvalue weighted by atomic mass is 9.88. The van der Waals surface area contributed by atoms with Crippen molar-refractivity contribution in [2.45, 2.75) is 167 Å². The SMILES string of the molecule is CCCCC[C@H](O)/C=C/[C@H]1C(=O)C[C@H](O)[C@@H]1CCCCCCC(=O)OC[C@H](O)COC(=O)CCCCCCCCCC(C)C. The molecule has 44 heavy (non-hydrogen) atoms. The van der Waals surface area contributed by atoms with E-state index in [0.29, 0.717) is 19.3 Å². The highest BCUT2D eigenvalue weighted by Gasteiger charge is 2.39. The average molecular weight is 625 g/mol. The van der Waals surface area contributed by atoms with Crippen LogP contribution in [0.25, 0.3) is 0 Å². The predicted octanol–water partition coefficient (Wildman–Crippen LogP) is 7.00. The molecule has 0 aliphatic heterocycles. The number of esters is 2. The molecule has 0 aromatic carbocycles. The Bertz CT molecular complexity index is 795. The van der Waals surface area contributed by atoms with Crippen molar-refractivity contribution in [2.24, 2.45) is 17.8 Å². The van der Waals surface area contributed by atoms with Crippen LogP contribution in [-0.4, -0.2) is 64.6 Å². The van der Waals surface area contributed by atoms with Crippen molar-refractivity contribution < 1.29 is 39.2 Å². The zero-order chi connectivity index (χ0) is 32.6. The molecule has 0 saturated heterocycles. The molecule has 1 aliphatic rings. The molecule has 3 N–H and O–H groups in total. The summed E-state index contributed by atoms with van der Waals surface area (Å²) in [4.78, 5) is 36.3. The Morgan fingerprint density at radius 2 is 1.32 bits per heavy atom. The third-order valence-electron chi connectivity index (χ3n) is 8.59. The van der Waals surface area contributed by atoms with Gasteiger partial charge in [-0.3, -0.25) is 14.4 Å². The van der Waals surface area contributed by atoms with E-state index in [1.807, 2.05) is 0 Å². The molecule has 8 heteroatoms. The summed E-state index contributed by atoms with van der Waals surface area (Å²) in [6.45, 7) is 6.26. The van der Waals surface area contributed by atoms with Crippen LogP contribution in [0.15, 0.2) is 12.2 Å². The molecule has 0 amide bonds. The zero-order valence-electron chi connectivity index (χ0n) is 28.1. The molecule has 1 saturated carbocycles. The first-order valence-corrected chi connectivity index (χ1v) is 17.7. The van der Waals surface area contributed by atoms with Crippen LogP contribution < -0.4 is 0 Å². The Balaban J connectivity index is 2.08. The number of carbonyl (C=O) groups excluding carboxylic acids is 3. The van der Waals surface area contributed by atoms with Gasteiger partial charge >= 0.3 is 11.9 Å². The second-order valence-corrected chi connectivity index (χ2v) is 13.3. The monoisotopic (exact) mass is 624 g/mol. The fourth-order valence-corrected chi connectivity index (χ4v) is 5.82. The normalized spacial score (nSPS) is 20.0. The van der Waals surface area contributed by atoms with Gasteiger partial charge in [0.25, 0.3) is 0 Å². The smallest absolute Gasteiger partial charge is 0.305 e. The number of allylic oxidation sites excluding steroid dienone is 1. The van der Waals surface area contributed by atoms with Crippen molar-refractivity contribution in [3.8, 4) is 0 Å². The minimum absolute atomic E-state index is 0.0350. The van der Waals surface area contributed by atoms with Crippen LogP contribution in [0.2, 0.25) is 0 Å². The van der Waals surface area contributed by atoms with E-state index in [1.54, 1.807) is 12.2 Å². The summed E-state index contributed by atoms with van der Waals surface area (Å²) in [5, 5.41) is 30.5. The lowest BCUT2D eigenvalue weighted by Crippen LogP contribution is -2.25. The summed E-state index contributed by atoms with van der Waals surface area (Å²) < 4.78 is 10.2. The number of carbonyl (C=O) groups is 3. The minimum Gasteiger partial charge on any atom is -0.463 e. The van der Waals surface area contributed by atoms with Gasteiger partial charge in [-0.2, -0.15) is 0 Å². The van der Waals surface area contributed by atoms with Crippen molar-refractivity contribution in [2.75, 3.05) is 13.2 Å². The maximum Gasteiger partial charge on any atom is 0.305 e. The summed E-state index contributed by atoms with van der Waals surface area (Å²) in [5.74, 6) is -0.380. The molecular formula is C36H64O8. The highest BCUT2D eigenvalue weighted by Crippen LogP contribution is 2.34. The fraction of sp³-hybridized carbons (Fsp3) is 0.861. The Morgan fingerprint density at radius 3 is 1.89 bits per heavy atom. The van der Waals surface area contributed by atoms with E-state index in [4.69, 9.17) is 9.47 Å². The van der Waals surface area contributed by atoms with E-state index in [-0.39, 0.29) is 55.6 Å². The Hall–Kier alpha value is -1.77. The Morgan fingerprint density at radius 1 is 0.795 bits per heavy atom. The summed E-state index contributed by atoms with van der Waals surface area (Å²) >= 11 is 0. The molecule has 256 valence electrons. The van der Waals surface area contributed by atoms with E-state index in [0.717, 1.165) is 70.1 Å². The molecule has 1 rings (SSSR count). The number of rotatable bonds is 27. The third-order valence-corrected chi connectivity index (χ3v) is 8.59. The first-order valence-electron chi connectivity index (χ1n) is 17.7. The Labute approximate surface area is 267 Å². The first kappa shape index (κ1) is 40.3. The van der Waals surface area contributed by atoms with Gasteiger partial charge < -0.3 is 24.8 Å². The standard InChI is InChI=1S/C36H64O8/c1-4-5-13-19-29(37)23-24-32-31(33(39)25-34(32)40)20-15-11-12-17-22-36(42)44-27-30(38)26-43-35(41)21-16-10-8-6-7-9-14-18-28(2)3/h23-24,28-33,37-39H,4-22,25-27H2,1-3H3/b24-23+/t29-,30+,31+,32+,33-/m0/s1. The van der Waals surface area contributed by atoms with Gasteiger partial charge in [0.1, 0.15) is 25.1 Å². The quantitative estimate of drug-likeness (QED) is 0.0506. The molecule has 0 heterocycles. The summed E-state index contributed by atoms with van der Waals surface area (Å²) in [7, 11) is 0. The van der Waals surface area contributed by atoms with Crippen LogP contribution in [0.3, 0.4) is 0 Å². The summed E-state index contributed by atoms with van der Waals surface area (Å²) in [6.07, 6.45) is 19.0. The van der Waals surface area contributed by atoms with Crippen LogP contribution in [-0.2, 0) is 23.9 Å². The van der Waals surface area contributed by atoms with Crippen LogP contribution >= 0.6 is 0 Å². The van der Waals surface area contributed by atoms with Gasteiger partial charge in [0.2, 0.25) is 0 Å². The maximum atomic E-state index is 12.4. The zero-order valence-corrected chi connectivity index (χ0v) is 28.1. The molecule has 8 nitrogen and oxygen atoms in total. The topological polar surface area (TPSA) is 130 Å². The molecule has 0 radical (unpaired) electrons. The first-order chi connectivity index (χ1) is 21.1. The van der Waals surface area contributed by atoms with Gasteiger partial charge in [-0.1, -0.05) is 116 Å². The summed E-state index contributed by atoms with van der Waals surface area (Å²) in [5.41, 5.74) is 0. The van der Waals surface area contributed by atoms with Crippen LogP contribution in [0, 0.1) is 17.8 Å². The molecule has 0 unspecified atom stereocenters. The molecular weight excluding hydrogens is 560 g/mol. The molecule has 1 fully saturated rings. The highest BCUT2D eigenvalue weighted by atomic mass is 16.6. The number of ketones is 1. The Kier molecular flexibility index (Phi) is 23.3. The van der Waals surface area contributed by atoms with Crippen molar-refractivity contribution >= 4 is 17.7 Å². The van der Waals surface area contributed by atoms with Gasteiger partial charge in [0.05, 0.1) is 12.2 Å². The van der Waals surface area contributed by atoms with E-state index in [1.165, 1.54) is 32.1 Å². The lowest BCUT2D eigenvalue weighted by Gasteiger charge is -2.19. The van der Waals surface area contributed by atoms with E-state index in [9.17, 15) is 29.7 Å². The lowest BCUT2D eigenvalue weighted by molar-refractivity contribution is -0.152. The van der Waals surface area contributed by atoms with Crippen molar-refractivity contribution in [1.29, 1.82) is 0 Å². The molecule has 0 aromatic heterocycles. The second-order valence-electron chi connectivity index (χ2n) is 13.3. The van der Waals surface area contributed by atoms with Gasteiger partial charge in [0, 0.05) is 25.2 Å². The second kappa shape index (κ2) is 25.4. The van der Waals surface area contributed by atoms with E-state index < -0.39 is 18.3 Å². The number of hydrogen-bond acceptors (Lipinski definition) is 8. The number of unbranched alkanes of at least 4 members (excludes halogenated alkanes) is 11. The maximum absolute atomic E-state index is 12.4. The molecule has 0 spiro atoms. The molecule has 0 bridgehead atoms. The third kappa shape index (κ3) is 20.3. The number of Topliss-reactive ketones (excluding diaryl/α,β-unsaturated/α-hetero) is 1. The van der Waals surface area contributed by atoms with Crippen LogP contribution in [0.5, 0.6) is 0 Å². The van der Waals surface area contributed by atoms with E-state index >= 15 is 0 Å². The summed E-state index contributed by atoms with van der Waals surface area (Å²) in [6, 6.07) is 0. The van der Waals surface area contributed by atoms with E-state index in [2.05, 4.69) is 20.8 Å². The average Bonchev–Trinajstić information content (AvgIpc) is 3.25. The minimum atomic E-state index is -1.03. The van der Waals surface area contributed by atoms with Gasteiger partial charge in [-0.05, 0) is 37.5 Å². The molecule has 5 atom stereocenters. The number of aliphatic hydroxyl groups is 3. The van der Waals surface area contributed by atoms with Gasteiger partial charge in [-0.25, -0.2) is 0 Å². The van der Waals surface area contributed by atoms with Crippen molar-refractivity contribution in [3.63, 3.8) is 0 Å². The number of hydrogen-bond donors (Lipinski definition) is 3. The number of ether oxygens (including phenoxy) is 2. The number of aliphatic hydroxyl groups excluding tert-OH is 3. The van der Waals surface area contributed by atoms with Crippen LogP contribution in [0.1, 0.15) is 149 Å². The van der Waals surface area contributed by atoms with Crippen LogP contribution in [0.4, 0.5) is 0 Å². The predicted molar refractivity (Wildman–Crippen MR) is 174 cm³/mol. The fourth-order valence-electron chi connectivity index (χ4n) is 5.82. The molecule has 1 aliphatic carbocycles.